The Balaban J connectivity index is 1.83. The van der Waals surface area contributed by atoms with Crippen molar-refractivity contribution in [2.24, 2.45) is 5.84 Å². The number of rotatable bonds is 7. The molecule has 2 rings (SSSR count). The molecule has 1 aliphatic carbocycles. The molecule has 0 unspecified atom stereocenters. The number of hydrazine groups is 1. The number of nitrogens with zero attached hydrogens (tertiary/aromatic N) is 2. The van der Waals surface area contributed by atoms with Crippen LogP contribution in [0.3, 0.4) is 0 Å². The minimum atomic E-state index is 0.263. The van der Waals surface area contributed by atoms with E-state index in [9.17, 15) is 0 Å². The summed E-state index contributed by atoms with van der Waals surface area (Å²) in [5.41, 5.74) is 2.58. The quantitative estimate of drug-likeness (QED) is 0.403. The highest BCUT2D eigenvalue weighted by atomic mass is 16.5. The Morgan fingerprint density at radius 1 is 1.30 bits per heavy atom. The smallest absolute Gasteiger partial charge is 0.145 e. The predicted octanol–water partition coefficient (Wildman–Crippen LogP) is 2.26. The van der Waals surface area contributed by atoms with Crippen molar-refractivity contribution in [1.29, 1.82) is 0 Å². The zero-order chi connectivity index (χ0) is 14.4. The molecular formula is C14H25N5O. The third-order valence-electron chi connectivity index (χ3n) is 3.47. The molecular weight excluding hydrogens is 254 g/mol. The third-order valence-corrected chi connectivity index (χ3v) is 3.47. The first kappa shape index (κ1) is 15.0. The molecule has 0 atom stereocenters. The zero-order valence-corrected chi connectivity index (χ0v) is 12.4. The van der Waals surface area contributed by atoms with Crippen LogP contribution in [-0.2, 0) is 4.74 Å². The van der Waals surface area contributed by atoms with Crippen LogP contribution in [0.2, 0.25) is 0 Å². The Labute approximate surface area is 120 Å². The van der Waals surface area contributed by atoms with Gasteiger partial charge in [0.05, 0.1) is 12.7 Å². The zero-order valence-electron chi connectivity index (χ0n) is 12.4. The first-order valence-electron chi connectivity index (χ1n) is 7.40. The molecule has 1 saturated carbocycles. The lowest BCUT2D eigenvalue weighted by atomic mass is 10.2. The van der Waals surface area contributed by atoms with Crippen molar-refractivity contribution in [1.82, 2.24) is 9.97 Å². The van der Waals surface area contributed by atoms with Gasteiger partial charge in [-0.3, -0.25) is 0 Å². The number of nitrogens with one attached hydrogen (secondary N) is 2. The summed E-state index contributed by atoms with van der Waals surface area (Å²) in [6.07, 6.45) is 5.45. The molecule has 0 radical (unpaired) electrons. The van der Waals surface area contributed by atoms with E-state index in [1.165, 1.54) is 25.7 Å². The average Bonchev–Trinajstić information content (AvgIpc) is 2.96. The Morgan fingerprint density at radius 3 is 2.65 bits per heavy atom. The number of anilines is 2. The van der Waals surface area contributed by atoms with Gasteiger partial charge in [-0.25, -0.2) is 15.8 Å². The number of ether oxygens (including phenoxy) is 1. The van der Waals surface area contributed by atoms with E-state index in [4.69, 9.17) is 10.6 Å². The lowest BCUT2D eigenvalue weighted by molar-refractivity contribution is 0.0658. The SMILES string of the molecule is CC(C)c1nc(NN)cc(NCCOC2CCCC2)n1. The van der Waals surface area contributed by atoms with Crippen LogP contribution < -0.4 is 16.6 Å². The molecule has 20 heavy (non-hydrogen) atoms. The molecule has 1 fully saturated rings. The first-order chi connectivity index (χ1) is 9.69. The molecule has 1 aliphatic rings. The van der Waals surface area contributed by atoms with Crippen LogP contribution in [0.4, 0.5) is 11.6 Å². The van der Waals surface area contributed by atoms with Crippen LogP contribution in [0.15, 0.2) is 6.07 Å². The average molecular weight is 279 g/mol. The van der Waals surface area contributed by atoms with Crippen molar-refractivity contribution in [2.75, 3.05) is 23.9 Å². The third kappa shape index (κ3) is 4.31. The fourth-order valence-corrected chi connectivity index (χ4v) is 2.35. The molecule has 6 heteroatoms. The van der Waals surface area contributed by atoms with Crippen LogP contribution in [0.25, 0.3) is 0 Å². The molecule has 4 N–H and O–H groups in total. The van der Waals surface area contributed by atoms with Gasteiger partial charge in [0.25, 0.3) is 0 Å². The van der Waals surface area contributed by atoms with Gasteiger partial charge in [-0.1, -0.05) is 26.7 Å². The molecule has 0 aliphatic heterocycles. The maximum atomic E-state index is 5.81. The van der Waals surface area contributed by atoms with Gasteiger partial charge in [0.1, 0.15) is 17.5 Å². The molecule has 0 spiro atoms. The fourth-order valence-electron chi connectivity index (χ4n) is 2.35. The Kier molecular flexibility index (Phi) is 5.55. The molecule has 0 amide bonds. The molecule has 112 valence electrons. The van der Waals surface area contributed by atoms with Crippen LogP contribution in [0, 0.1) is 0 Å². The molecule has 0 saturated heterocycles. The topological polar surface area (TPSA) is 85.1 Å². The van der Waals surface area contributed by atoms with E-state index in [1.54, 1.807) is 6.07 Å². The summed E-state index contributed by atoms with van der Waals surface area (Å²) in [5.74, 6) is 7.88. The number of nitrogen functional groups attached to an aromatic ring is 1. The molecule has 0 bridgehead atoms. The summed E-state index contributed by atoms with van der Waals surface area (Å²) in [6, 6.07) is 1.81. The Hall–Kier alpha value is -1.40. The predicted molar refractivity (Wildman–Crippen MR) is 80.6 cm³/mol. The van der Waals surface area contributed by atoms with Crippen LogP contribution in [-0.4, -0.2) is 29.2 Å². The highest BCUT2D eigenvalue weighted by molar-refractivity contribution is 5.47. The Bertz CT molecular complexity index is 418. The van der Waals surface area contributed by atoms with E-state index in [1.807, 2.05) is 0 Å². The number of nitrogens with two attached hydrogens (primary N) is 1. The minimum Gasteiger partial charge on any atom is -0.376 e. The summed E-state index contributed by atoms with van der Waals surface area (Å²) < 4.78 is 5.81. The van der Waals surface area contributed by atoms with Crippen molar-refractivity contribution in [2.45, 2.75) is 51.6 Å². The normalized spacial score (nSPS) is 15.8. The molecule has 1 aromatic heterocycles. The lowest BCUT2D eigenvalue weighted by Crippen LogP contribution is -2.17. The van der Waals surface area contributed by atoms with Gasteiger partial charge in [0.15, 0.2) is 0 Å². The molecule has 1 aromatic rings. The van der Waals surface area contributed by atoms with E-state index in [2.05, 4.69) is 34.6 Å². The van der Waals surface area contributed by atoms with Gasteiger partial charge in [-0.15, -0.1) is 0 Å². The van der Waals surface area contributed by atoms with Crippen molar-refractivity contribution >= 4 is 11.6 Å². The van der Waals surface area contributed by atoms with Gasteiger partial charge >= 0.3 is 0 Å². The monoisotopic (exact) mass is 279 g/mol. The first-order valence-corrected chi connectivity index (χ1v) is 7.40. The summed E-state index contributed by atoms with van der Waals surface area (Å²) in [6.45, 7) is 5.57. The van der Waals surface area contributed by atoms with Crippen molar-refractivity contribution in [3.8, 4) is 0 Å². The van der Waals surface area contributed by atoms with E-state index in [0.29, 0.717) is 18.5 Å². The summed E-state index contributed by atoms with van der Waals surface area (Å²) in [4.78, 5) is 8.80. The van der Waals surface area contributed by atoms with Gasteiger partial charge in [0, 0.05) is 18.5 Å². The minimum absolute atomic E-state index is 0.263. The van der Waals surface area contributed by atoms with Crippen LogP contribution in [0.1, 0.15) is 51.3 Å². The standard InChI is InChI=1S/C14H25N5O/c1-10(2)14-17-12(9-13(18-14)19-15)16-7-8-20-11-5-3-4-6-11/h9-11H,3-8,15H2,1-2H3,(H2,16,17,18,19). The number of hydrogen-bond donors (Lipinski definition) is 3. The fraction of sp³-hybridized carbons (Fsp3) is 0.714. The van der Waals surface area contributed by atoms with Crippen molar-refractivity contribution in [3.05, 3.63) is 11.9 Å². The highest BCUT2D eigenvalue weighted by Crippen LogP contribution is 2.20. The van der Waals surface area contributed by atoms with Gasteiger partial charge in [-0.2, -0.15) is 0 Å². The lowest BCUT2D eigenvalue weighted by Gasteiger charge is -2.13. The van der Waals surface area contributed by atoms with E-state index in [-0.39, 0.29) is 5.92 Å². The van der Waals surface area contributed by atoms with E-state index >= 15 is 0 Å². The second-order valence-corrected chi connectivity index (χ2v) is 5.50. The summed E-state index contributed by atoms with van der Waals surface area (Å²) >= 11 is 0. The molecule has 1 heterocycles. The largest absolute Gasteiger partial charge is 0.376 e. The van der Waals surface area contributed by atoms with E-state index in [0.717, 1.165) is 18.2 Å². The second kappa shape index (κ2) is 7.40. The molecule has 6 nitrogen and oxygen atoms in total. The van der Waals surface area contributed by atoms with Gasteiger partial charge < -0.3 is 15.5 Å². The van der Waals surface area contributed by atoms with Crippen molar-refractivity contribution in [3.63, 3.8) is 0 Å². The van der Waals surface area contributed by atoms with Crippen LogP contribution >= 0.6 is 0 Å². The van der Waals surface area contributed by atoms with Gasteiger partial charge in [-0.05, 0) is 12.8 Å². The van der Waals surface area contributed by atoms with Crippen molar-refractivity contribution < 1.29 is 4.74 Å². The van der Waals surface area contributed by atoms with Gasteiger partial charge in [0.2, 0.25) is 0 Å². The molecule has 0 aromatic carbocycles. The number of aromatic nitrogens is 2. The Morgan fingerprint density at radius 2 is 2.00 bits per heavy atom. The number of hydrogen-bond acceptors (Lipinski definition) is 6. The summed E-state index contributed by atoms with van der Waals surface area (Å²) in [7, 11) is 0. The van der Waals surface area contributed by atoms with E-state index < -0.39 is 0 Å². The maximum absolute atomic E-state index is 5.81. The maximum Gasteiger partial charge on any atom is 0.145 e. The van der Waals surface area contributed by atoms with Crippen LogP contribution in [0.5, 0.6) is 0 Å². The highest BCUT2D eigenvalue weighted by Gasteiger charge is 2.14. The second-order valence-electron chi connectivity index (χ2n) is 5.50. The summed E-state index contributed by atoms with van der Waals surface area (Å²) in [5, 5.41) is 3.27.